The minimum atomic E-state index is -0.694. The van der Waals surface area contributed by atoms with Gasteiger partial charge < -0.3 is 30.3 Å². The third-order valence-corrected chi connectivity index (χ3v) is 10.7. The zero-order chi connectivity index (χ0) is 30.5. The molecule has 2 aliphatic carbocycles. The van der Waals surface area contributed by atoms with Gasteiger partial charge in [0.05, 0.1) is 32.6 Å². The topological polar surface area (TPSA) is 130 Å². The average molecular weight is 602 g/mol. The first-order valence-corrected chi connectivity index (χ1v) is 16.0. The number of aromatic nitrogens is 1. The number of nitrogens with one attached hydrogen (secondary N) is 2. The van der Waals surface area contributed by atoms with E-state index in [1.807, 2.05) is 25.1 Å². The zero-order valence-corrected chi connectivity index (χ0v) is 26.4. The number of hydrogen-bond donors (Lipinski definition) is 4. The molecule has 9 nitrogen and oxygen atoms in total. The van der Waals surface area contributed by atoms with Crippen molar-refractivity contribution in [3.63, 3.8) is 0 Å². The lowest BCUT2D eigenvalue weighted by atomic mass is 9.47. The first-order chi connectivity index (χ1) is 20.1. The Labute approximate surface area is 253 Å². The number of hydrogen-bond acceptors (Lipinski definition) is 8. The van der Waals surface area contributed by atoms with E-state index in [0.29, 0.717) is 48.9 Å². The Hall–Kier alpha value is -2.69. The molecule has 1 saturated carbocycles. The number of thiazole rings is 1. The summed E-state index contributed by atoms with van der Waals surface area (Å²) in [4.78, 5) is 31.9. The van der Waals surface area contributed by atoms with Crippen molar-refractivity contribution in [2.45, 2.75) is 90.6 Å². The minimum absolute atomic E-state index is 0.0376. The number of anilines is 1. The van der Waals surface area contributed by atoms with Gasteiger partial charge in [-0.15, -0.1) is 11.3 Å². The lowest BCUT2D eigenvalue weighted by molar-refractivity contribution is -0.144. The Morgan fingerprint density at radius 2 is 1.90 bits per heavy atom. The fourth-order valence-corrected chi connectivity index (χ4v) is 8.14. The van der Waals surface area contributed by atoms with Crippen LogP contribution in [-0.2, 0) is 22.4 Å². The molecule has 0 radical (unpaired) electrons. The molecular formula is C32H47N3O6S. The molecule has 2 aromatic rings. The Kier molecular flexibility index (Phi) is 10.5. The lowest BCUT2D eigenvalue weighted by Gasteiger charge is -2.58. The second-order valence-electron chi connectivity index (χ2n) is 12.4. The maximum atomic E-state index is 13.4. The predicted molar refractivity (Wildman–Crippen MR) is 164 cm³/mol. The zero-order valence-electron chi connectivity index (χ0n) is 25.6. The van der Waals surface area contributed by atoms with Crippen molar-refractivity contribution in [1.29, 1.82) is 0 Å². The van der Waals surface area contributed by atoms with E-state index >= 15 is 0 Å². The van der Waals surface area contributed by atoms with Crippen molar-refractivity contribution in [3.05, 3.63) is 34.3 Å². The van der Waals surface area contributed by atoms with Crippen molar-refractivity contribution >= 4 is 28.3 Å². The molecule has 0 saturated heterocycles. The fourth-order valence-electron chi connectivity index (χ4n) is 7.06. The van der Waals surface area contributed by atoms with Crippen LogP contribution >= 0.6 is 11.3 Å². The summed E-state index contributed by atoms with van der Waals surface area (Å²) < 4.78 is 10.7. The van der Waals surface area contributed by atoms with Crippen LogP contribution in [0.4, 0.5) is 5.13 Å². The van der Waals surface area contributed by atoms with Gasteiger partial charge in [-0.1, -0.05) is 39.7 Å². The van der Waals surface area contributed by atoms with Crippen molar-refractivity contribution in [1.82, 2.24) is 10.3 Å². The fraction of sp³-hybridized carbons (Fsp3) is 0.656. The number of methoxy groups -OCH3 is 2. The molecule has 2 aliphatic rings. The Bertz CT molecular complexity index is 1250. The first-order valence-electron chi connectivity index (χ1n) is 15.2. The highest BCUT2D eigenvalue weighted by molar-refractivity contribution is 7.15. The van der Waals surface area contributed by atoms with Crippen LogP contribution in [0.1, 0.15) is 87.8 Å². The third kappa shape index (κ3) is 6.60. The molecule has 1 heterocycles. The first kappa shape index (κ1) is 32.2. The van der Waals surface area contributed by atoms with E-state index in [2.05, 4.69) is 24.5 Å². The quantitative estimate of drug-likeness (QED) is 0.242. The second-order valence-corrected chi connectivity index (χ2v) is 13.4. The Balaban J connectivity index is 1.53. The van der Waals surface area contributed by atoms with Gasteiger partial charge in [0.2, 0.25) is 11.8 Å². The molecule has 0 spiro atoms. The molecule has 2 amide bonds. The van der Waals surface area contributed by atoms with Gasteiger partial charge in [-0.05, 0) is 61.1 Å². The molecular weight excluding hydrogens is 554 g/mol. The van der Waals surface area contributed by atoms with E-state index in [4.69, 9.17) is 14.5 Å². The van der Waals surface area contributed by atoms with E-state index in [1.54, 1.807) is 14.2 Å². The standard InChI is InChI=1S/C32H47N3O6S/c1-6-7-8-9-27(38)34-30-35-29-21(17-28(39)33-15-13-20-10-11-22(40-4)23(16-20)41-5)31(2)14-12-26(37)32(3,19-36)25(31)18-24(29)42-30/h10-11,16,21,25-26,36-37H,6-9,12-15,17-19H2,1-5H3,(H,33,39)(H,34,35,38)/t21?,25?,26?,31-,32-/m0/s1. The number of fused-ring (bicyclic) bond motifs is 2. The summed E-state index contributed by atoms with van der Waals surface area (Å²) in [5.41, 5.74) is 0.856. The van der Waals surface area contributed by atoms with Crippen molar-refractivity contribution < 1.29 is 29.3 Å². The van der Waals surface area contributed by atoms with Gasteiger partial charge in [0.25, 0.3) is 0 Å². The van der Waals surface area contributed by atoms with Crippen LogP contribution in [-0.4, -0.2) is 60.5 Å². The molecule has 0 aliphatic heterocycles. The highest BCUT2D eigenvalue weighted by atomic mass is 32.1. The van der Waals surface area contributed by atoms with Gasteiger partial charge in [0.15, 0.2) is 16.6 Å². The molecule has 4 rings (SSSR count). The summed E-state index contributed by atoms with van der Waals surface area (Å²) in [6.07, 6.45) is 5.56. The van der Waals surface area contributed by atoms with Crippen molar-refractivity contribution in [2.24, 2.45) is 16.7 Å². The van der Waals surface area contributed by atoms with E-state index in [-0.39, 0.29) is 42.1 Å². The van der Waals surface area contributed by atoms with Crippen LogP contribution in [0.25, 0.3) is 0 Å². The number of carbonyl (C=O) groups is 2. The normalized spacial score (nSPS) is 26.6. The smallest absolute Gasteiger partial charge is 0.226 e. The van der Waals surface area contributed by atoms with Crippen molar-refractivity contribution in [3.8, 4) is 11.5 Å². The number of carbonyl (C=O) groups excluding carboxylic acids is 2. The highest BCUT2D eigenvalue weighted by Crippen LogP contribution is 2.62. The lowest BCUT2D eigenvalue weighted by Crippen LogP contribution is -2.57. The van der Waals surface area contributed by atoms with E-state index in [1.165, 1.54) is 11.3 Å². The van der Waals surface area contributed by atoms with Crippen molar-refractivity contribution in [2.75, 3.05) is 32.7 Å². The van der Waals surface area contributed by atoms with Gasteiger partial charge in [0, 0.05) is 35.6 Å². The maximum absolute atomic E-state index is 13.4. The molecule has 1 aromatic heterocycles. The van der Waals surface area contributed by atoms with E-state index in [0.717, 1.165) is 41.8 Å². The van der Waals surface area contributed by atoms with Gasteiger partial charge in [-0.25, -0.2) is 4.98 Å². The van der Waals surface area contributed by atoms with Crippen LogP contribution in [0.2, 0.25) is 0 Å². The second kappa shape index (κ2) is 13.7. The SMILES string of the molecule is CCCCCC(=O)Nc1nc2c(s1)CC1[C@@](C)(CCC(O)[C@@]1(C)CO)C2CC(=O)NCCc1ccc(OC)c(OC)c1. The molecule has 5 atom stereocenters. The number of amides is 2. The summed E-state index contributed by atoms with van der Waals surface area (Å²) >= 11 is 1.46. The number of unbranched alkanes of at least 4 members (excludes halogenated alkanes) is 2. The molecule has 10 heteroatoms. The summed E-state index contributed by atoms with van der Waals surface area (Å²) in [5, 5.41) is 28.1. The number of aliphatic hydroxyl groups excluding tert-OH is 2. The van der Waals surface area contributed by atoms with Crippen LogP contribution in [0.15, 0.2) is 18.2 Å². The molecule has 42 heavy (non-hydrogen) atoms. The monoisotopic (exact) mass is 601 g/mol. The van der Waals surface area contributed by atoms with E-state index < -0.39 is 11.5 Å². The Morgan fingerprint density at radius 1 is 1.14 bits per heavy atom. The van der Waals surface area contributed by atoms with Crippen LogP contribution in [0, 0.1) is 16.7 Å². The van der Waals surface area contributed by atoms with Gasteiger partial charge >= 0.3 is 0 Å². The molecule has 1 aromatic carbocycles. The number of ether oxygens (including phenoxy) is 2. The number of aliphatic hydroxyl groups is 2. The highest BCUT2D eigenvalue weighted by Gasteiger charge is 2.59. The van der Waals surface area contributed by atoms with Gasteiger partial charge in [-0.3, -0.25) is 9.59 Å². The number of benzene rings is 1. The van der Waals surface area contributed by atoms with E-state index in [9.17, 15) is 19.8 Å². The maximum Gasteiger partial charge on any atom is 0.226 e. The molecule has 4 N–H and O–H groups in total. The van der Waals surface area contributed by atoms with Crippen LogP contribution in [0.3, 0.4) is 0 Å². The summed E-state index contributed by atoms with van der Waals surface area (Å²) in [6, 6.07) is 5.74. The van der Waals surface area contributed by atoms with Gasteiger partial charge in [0.1, 0.15) is 0 Å². The predicted octanol–water partition coefficient (Wildman–Crippen LogP) is 4.84. The van der Waals surface area contributed by atoms with Crippen LogP contribution < -0.4 is 20.1 Å². The average Bonchev–Trinajstić information content (AvgIpc) is 3.38. The number of rotatable bonds is 13. The third-order valence-electron chi connectivity index (χ3n) is 9.72. The molecule has 3 unspecified atom stereocenters. The largest absolute Gasteiger partial charge is 0.493 e. The number of nitrogens with zero attached hydrogens (tertiary/aromatic N) is 1. The molecule has 232 valence electrons. The van der Waals surface area contributed by atoms with Gasteiger partial charge in [-0.2, -0.15) is 0 Å². The molecule has 1 fully saturated rings. The molecule has 0 bridgehead atoms. The Morgan fingerprint density at radius 3 is 2.60 bits per heavy atom. The minimum Gasteiger partial charge on any atom is -0.493 e. The summed E-state index contributed by atoms with van der Waals surface area (Å²) in [5.74, 6) is 0.963. The summed E-state index contributed by atoms with van der Waals surface area (Å²) in [6.45, 7) is 6.59. The summed E-state index contributed by atoms with van der Waals surface area (Å²) in [7, 11) is 3.20. The van der Waals surface area contributed by atoms with Crippen LogP contribution in [0.5, 0.6) is 11.5 Å².